The molecule has 1 saturated heterocycles. The van der Waals surface area contributed by atoms with Gasteiger partial charge in [-0.1, -0.05) is 6.07 Å². The topological polar surface area (TPSA) is 72.2 Å². The van der Waals surface area contributed by atoms with E-state index in [4.69, 9.17) is 4.42 Å². The second-order valence-electron chi connectivity index (χ2n) is 5.80. The number of thioether (sulfide) groups is 1. The Kier molecular flexibility index (Phi) is 4.22. The van der Waals surface area contributed by atoms with Gasteiger partial charge in [0, 0.05) is 29.4 Å². The van der Waals surface area contributed by atoms with E-state index in [-0.39, 0.29) is 27.4 Å². The summed E-state index contributed by atoms with van der Waals surface area (Å²) in [7, 11) is 0. The van der Waals surface area contributed by atoms with E-state index in [0.717, 1.165) is 6.07 Å². The van der Waals surface area contributed by atoms with E-state index in [2.05, 4.69) is 10.3 Å². The normalized spacial score (nSPS) is 16.2. The predicted octanol–water partition coefficient (Wildman–Crippen LogP) is 4.98. The number of halogens is 4. The molecule has 3 aromatic rings. The molecule has 0 saturated carbocycles. The van der Waals surface area contributed by atoms with Crippen LogP contribution in [-0.2, 0) is 11.0 Å². The van der Waals surface area contributed by atoms with Gasteiger partial charge in [0.1, 0.15) is 17.2 Å². The van der Waals surface area contributed by atoms with Crippen molar-refractivity contribution in [1.29, 1.82) is 0 Å². The molecule has 2 aromatic heterocycles. The molecule has 28 heavy (non-hydrogen) atoms. The highest BCUT2D eigenvalue weighted by Crippen LogP contribution is 2.37. The molecule has 1 aromatic carbocycles. The maximum Gasteiger partial charge on any atom is 0.419 e. The van der Waals surface area contributed by atoms with Gasteiger partial charge in [0.15, 0.2) is 0 Å². The first-order valence-electron chi connectivity index (χ1n) is 7.72. The number of carbonyl (C=O) groups excluding carboxylic acids is 2. The molecule has 4 rings (SSSR count). The minimum atomic E-state index is -4.85. The summed E-state index contributed by atoms with van der Waals surface area (Å²) in [5, 5.41) is 2.06. The number of imide groups is 1. The Morgan fingerprint density at radius 2 is 1.93 bits per heavy atom. The molecule has 0 atom stereocenters. The molecule has 2 amide bonds. The largest absolute Gasteiger partial charge is 0.456 e. The Balaban J connectivity index is 1.82. The lowest BCUT2D eigenvalue weighted by Gasteiger charge is -2.10. The number of nitrogens with one attached hydrogen (secondary N) is 1. The van der Waals surface area contributed by atoms with Crippen molar-refractivity contribution in [2.75, 3.05) is 0 Å². The van der Waals surface area contributed by atoms with Crippen molar-refractivity contribution in [3.05, 3.63) is 58.7 Å². The van der Waals surface area contributed by atoms with Crippen molar-refractivity contribution in [1.82, 2.24) is 10.3 Å². The first-order valence-corrected chi connectivity index (χ1v) is 8.53. The highest BCUT2D eigenvalue weighted by atomic mass is 32.2. The Morgan fingerprint density at radius 1 is 1.14 bits per heavy atom. The van der Waals surface area contributed by atoms with Crippen LogP contribution in [0.1, 0.15) is 11.3 Å². The van der Waals surface area contributed by atoms with E-state index in [1.807, 2.05) is 0 Å². The lowest BCUT2D eigenvalue weighted by Crippen LogP contribution is -2.17. The number of pyridine rings is 1. The molecule has 0 radical (unpaired) electrons. The monoisotopic (exact) mass is 408 g/mol. The first kappa shape index (κ1) is 18.2. The lowest BCUT2D eigenvalue weighted by molar-refractivity contribution is -0.140. The Labute approximate surface area is 158 Å². The highest BCUT2D eigenvalue weighted by molar-refractivity contribution is 8.18. The number of hydrogen-bond donors (Lipinski definition) is 1. The standard InChI is InChI=1S/C18H8F4N2O3S/c19-13-2-1-8(4-12(13)18(20,21)22)11-7-23-6-9-3-10(27-15(9)11)5-14-16(25)24-17(26)28-14/h1-7H,(H,24,25,26)/b14-5-. The third-order valence-corrected chi connectivity index (χ3v) is 4.75. The van der Waals surface area contributed by atoms with Gasteiger partial charge in [-0.05, 0) is 35.5 Å². The molecule has 0 bridgehead atoms. The number of benzene rings is 1. The smallest absolute Gasteiger partial charge is 0.419 e. The van der Waals surface area contributed by atoms with E-state index in [1.54, 1.807) is 0 Å². The molecule has 1 aliphatic heterocycles. The SMILES string of the molecule is O=C1NC(=O)/C(=C/c2cc3cncc(-c4ccc(F)c(C(F)(F)F)c4)c3o2)S1. The van der Waals surface area contributed by atoms with E-state index in [0.29, 0.717) is 23.2 Å². The number of rotatable bonds is 2. The molecule has 3 heterocycles. The fraction of sp³-hybridized carbons (Fsp3) is 0.0556. The predicted molar refractivity (Wildman–Crippen MR) is 93.5 cm³/mol. The molecular formula is C18H8F4N2O3S. The number of hydrogen-bond acceptors (Lipinski definition) is 5. The Hall–Kier alpha value is -3.14. The van der Waals surface area contributed by atoms with Gasteiger partial charge in [-0.15, -0.1) is 0 Å². The second-order valence-corrected chi connectivity index (χ2v) is 6.81. The summed E-state index contributed by atoms with van der Waals surface area (Å²) in [5.41, 5.74) is -0.874. The zero-order chi connectivity index (χ0) is 20.1. The molecule has 10 heteroatoms. The van der Waals surface area contributed by atoms with Crippen LogP contribution < -0.4 is 5.32 Å². The summed E-state index contributed by atoms with van der Waals surface area (Å²) < 4.78 is 58.2. The summed E-state index contributed by atoms with van der Waals surface area (Å²) in [6, 6.07) is 4.14. The van der Waals surface area contributed by atoms with Gasteiger partial charge in [0.05, 0.1) is 10.5 Å². The van der Waals surface area contributed by atoms with E-state index in [9.17, 15) is 27.2 Å². The van der Waals surface area contributed by atoms with Crippen LogP contribution in [0.3, 0.4) is 0 Å². The molecule has 142 valence electrons. The van der Waals surface area contributed by atoms with Crippen LogP contribution in [0, 0.1) is 5.82 Å². The fourth-order valence-electron chi connectivity index (χ4n) is 2.72. The number of aromatic nitrogens is 1. The second kappa shape index (κ2) is 6.48. The van der Waals surface area contributed by atoms with Gasteiger partial charge in [-0.3, -0.25) is 19.9 Å². The zero-order valence-electron chi connectivity index (χ0n) is 13.6. The molecule has 1 fully saturated rings. The number of fused-ring (bicyclic) bond motifs is 1. The molecule has 1 aliphatic rings. The number of nitrogens with zero attached hydrogens (tertiary/aromatic N) is 1. The van der Waals surface area contributed by atoms with Gasteiger partial charge >= 0.3 is 6.18 Å². The summed E-state index contributed by atoms with van der Waals surface area (Å²) in [6.07, 6.45) is -0.761. The number of carbonyl (C=O) groups is 2. The molecular weight excluding hydrogens is 400 g/mol. The van der Waals surface area contributed by atoms with Gasteiger partial charge in [0.25, 0.3) is 11.1 Å². The summed E-state index contributed by atoms with van der Waals surface area (Å²) >= 11 is 0.705. The van der Waals surface area contributed by atoms with Crippen LogP contribution in [0.2, 0.25) is 0 Å². The van der Waals surface area contributed by atoms with Gasteiger partial charge in [-0.2, -0.15) is 13.2 Å². The van der Waals surface area contributed by atoms with E-state index < -0.39 is 28.7 Å². The summed E-state index contributed by atoms with van der Waals surface area (Å²) in [6.45, 7) is 0. The van der Waals surface area contributed by atoms with Crippen molar-refractivity contribution >= 4 is 40.0 Å². The third-order valence-electron chi connectivity index (χ3n) is 3.94. The van der Waals surface area contributed by atoms with Crippen LogP contribution in [0.25, 0.3) is 28.2 Å². The van der Waals surface area contributed by atoms with Crippen LogP contribution in [-0.4, -0.2) is 16.1 Å². The maximum absolute atomic E-state index is 13.6. The summed E-state index contributed by atoms with van der Waals surface area (Å²) in [5.74, 6) is -1.73. The Morgan fingerprint density at radius 3 is 2.61 bits per heavy atom. The highest BCUT2D eigenvalue weighted by Gasteiger charge is 2.34. The average Bonchev–Trinajstić information content (AvgIpc) is 3.16. The molecule has 0 aliphatic carbocycles. The molecule has 0 unspecified atom stereocenters. The average molecular weight is 408 g/mol. The van der Waals surface area contributed by atoms with E-state index >= 15 is 0 Å². The quantitative estimate of drug-likeness (QED) is 0.479. The fourth-order valence-corrected chi connectivity index (χ4v) is 3.38. The maximum atomic E-state index is 13.6. The molecule has 1 N–H and O–H groups in total. The van der Waals surface area contributed by atoms with Crippen LogP contribution >= 0.6 is 11.8 Å². The third kappa shape index (κ3) is 3.26. The van der Waals surface area contributed by atoms with Gasteiger partial charge in [0.2, 0.25) is 0 Å². The minimum Gasteiger partial charge on any atom is -0.456 e. The van der Waals surface area contributed by atoms with Crippen LogP contribution in [0.5, 0.6) is 0 Å². The van der Waals surface area contributed by atoms with Crippen LogP contribution in [0.15, 0.2) is 46.0 Å². The molecule has 0 spiro atoms. The zero-order valence-corrected chi connectivity index (χ0v) is 14.5. The van der Waals surface area contributed by atoms with Crippen LogP contribution in [0.4, 0.5) is 22.4 Å². The molecule has 5 nitrogen and oxygen atoms in total. The lowest BCUT2D eigenvalue weighted by atomic mass is 10.0. The first-order chi connectivity index (χ1) is 13.2. The van der Waals surface area contributed by atoms with E-state index in [1.165, 1.54) is 30.6 Å². The number of furan rings is 1. The minimum absolute atomic E-state index is 0.0727. The van der Waals surface area contributed by atoms with Crippen molar-refractivity contribution in [2.45, 2.75) is 6.18 Å². The van der Waals surface area contributed by atoms with Crippen molar-refractivity contribution in [2.24, 2.45) is 0 Å². The summed E-state index contributed by atoms with van der Waals surface area (Å²) in [4.78, 5) is 27.0. The van der Waals surface area contributed by atoms with Gasteiger partial charge < -0.3 is 4.42 Å². The van der Waals surface area contributed by atoms with Gasteiger partial charge in [-0.25, -0.2) is 4.39 Å². The van der Waals surface area contributed by atoms with Crippen molar-refractivity contribution in [3.63, 3.8) is 0 Å². The number of amides is 2. The van der Waals surface area contributed by atoms with Crippen molar-refractivity contribution in [3.8, 4) is 11.1 Å². The Bertz CT molecular complexity index is 1170. The van der Waals surface area contributed by atoms with Crippen molar-refractivity contribution < 1.29 is 31.6 Å². The number of alkyl halides is 3.